The summed E-state index contributed by atoms with van der Waals surface area (Å²) in [5.41, 5.74) is 0.0997. The van der Waals surface area contributed by atoms with Gasteiger partial charge in [-0.25, -0.2) is 4.39 Å². The number of rotatable bonds is 6. The fourth-order valence-electron chi connectivity index (χ4n) is 1.89. The van der Waals surface area contributed by atoms with Crippen LogP contribution in [-0.2, 0) is 9.53 Å². The topological polar surface area (TPSA) is 26.3 Å². The Morgan fingerprint density at radius 1 is 1.24 bits per heavy atom. The van der Waals surface area contributed by atoms with Crippen LogP contribution in [0.1, 0.15) is 38.2 Å². The largest absolute Gasteiger partial charge is 0.465 e. The summed E-state index contributed by atoms with van der Waals surface area (Å²) < 4.78 is 56.6. The lowest BCUT2D eigenvalue weighted by atomic mass is 9.86. The highest BCUT2D eigenvalue weighted by molar-refractivity contribution is 5.78. The first-order valence-corrected chi connectivity index (χ1v) is 6.76. The normalized spacial score (nSPS) is 14.6. The molecule has 0 bridgehead atoms. The predicted molar refractivity (Wildman–Crippen MR) is 70.2 cm³/mol. The van der Waals surface area contributed by atoms with Crippen molar-refractivity contribution < 1.29 is 27.1 Å². The Labute approximate surface area is 121 Å². The van der Waals surface area contributed by atoms with Crippen LogP contribution in [-0.4, -0.2) is 18.8 Å². The Balaban J connectivity index is 2.99. The van der Waals surface area contributed by atoms with Crippen molar-refractivity contribution in [1.82, 2.24) is 0 Å². The molecule has 0 aliphatic carbocycles. The van der Waals surface area contributed by atoms with Gasteiger partial charge in [-0.15, -0.1) is 0 Å². The molecule has 6 heteroatoms. The summed E-state index contributed by atoms with van der Waals surface area (Å²) in [6.45, 7) is 2.89. The quantitative estimate of drug-likeness (QED) is 0.441. The number of ether oxygens (including phenoxy) is 1. The third-order valence-corrected chi connectivity index (χ3v) is 3.24. The Morgan fingerprint density at radius 3 is 2.29 bits per heavy atom. The van der Waals surface area contributed by atoms with E-state index in [1.165, 1.54) is 12.1 Å². The summed E-state index contributed by atoms with van der Waals surface area (Å²) in [7, 11) is 0. The molecule has 2 unspecified atom stereocenters. The van der Waals surface area contributed by atoms with Crippen LogP contribution in [0.4, 0.5) is 17.6 Å². The Bertz CT molecular complexity index is 454. The summed E-state index contributed by atoms with van der Waals surface area (Å²) >= 11 is 0. The number of alkyl halides is 3. The maximum Gasteiger partial charge on any atom is 0.392 e. The molecule has 0 amide bonds. The molecule has 118 valence electrons. The minimum atomic E-state index is -4.54. The van der Waals surface area contributed by atoms with Gasteiger partial charge in [0.2, 0.25) is 0 Å². The highest BCUT2D eigenvalue weighted by Crippen LogP contribution is 2.38. The molecule has 0 N–H and O–H groups in total. The van der Waals surface area contributed by atoms with Gasteiger partial charge >= 0.3 is 12.1 Å². The summed E-state index contributed by atoms with van der Waals surface area (Å²) in [4.78, 5) is 12.0. The van der Waals surface area contributed by atoms with E-state index in [9.17, 15) is 22.4 Å². The Kier molecular flexibility index (Phi) is 6.18. The number of carbonyl (C=O) groups excluding carboxylic acids is 1. The molecule has 0 saturated carbocycles. The van der Waals surface area contributed by atoms with Crippen LogP contribution < -0.4 is 0 Å². The van der Waals surface area contributed by atoms with E-state index < -0.39 is 29.8 Å². The molecule has 2 atom stereocenters. The maximum absolute atomic E-state index is 12.9. The molecule has 1 aromatic rings. The highest BCUT2D eigenvalue weighted by Gasteiger charge is 2.45. The van der Waals surface area contributed by atoms with Crippen molar-refractivity contribution in [3.05, 3.63) is 35.6 Å². The predicted octanol–water partition coefficient (Wildman–Crippen LogP) is 4.45. The summed E-state index contributed by atoms with van der Waals surface area (Å²) in [6.07, 6.45) is -3.19. The van der Waals surface area contributed by atoms with Crippen LogP contribution in [0.25, 0.3) is 0 Å². The average molecular weight is 306 g/mol. The average Bonchev–Trinajstić information content (AvgIpc) is 2.40. The van der Waals surface area contributed by atoms with Gasteiger partial charge < -0.3 is 4.74 Å². The maximum atomic E-state index is 12.9. The molecule has 0 fully saturated rings. The van der Waals surface area contributed by atoms with E-state index in [1.54, 1.807) is 0 Å². The zero-order valence-corrected chi connectivity index (χ0v) is 11.9. The first-order valence-electron chi connectivity index (χ1n) is 6.76. The van der Waals surface area contributed by atoms with Gasteiger partial charge in [0.05, 0.1) is 18.4 Å². The minimum Gasteiger partial charge on any atom is -0.465 e. The summed E-state index contributed by atoms with van der Waals surface area (Å²) in [6, 6.07) is 4.43. The number of benzene rings is 1. The van der Waals surface area contributed by atoms with Gasteiger partial charge in [-0.3, -0.25) is 4.79 Å². The van der Waals surface area contributed by atoms with Gasteiger partial charge in [0, 0.05) is 0 Å². The third kappa shape index (κ3) is 5.02. The molecule has 0 aliphatic heterocycles. The Hall–Kier alpha value is -1.59. The zero-order valence-electron chi connectivity index (χ0n) is 11.9. The number of unbranched alkanes of at least 4 members (excludes halogenated alkanes) is 1. The first kappa shape index (κ1) is 17.5. The number of hydrogen-bond donors (Lipinski definition) is 0. The van der Waals surface area contributed by atoms with Gasteiger partial charge in [-0.2, -0.15) is 13.2 Å². The Morgan fingerprint density at radius 2 is 1.81 bits per heavy atom. The van der Waals surface area contributed by atoms with Crippen molar-refractivity contribution in [2.24, 2.45) is 5.92 Å². The monoisotopic (exact) mass is 306 g/mol. The fourth-order valence-corrected chi connectivity index (χ4v) is 1.89. The lowest BCUT2D eigenvalue weighted by Crippen LogP contribution is -2.32. The van der Waals surface area contributed by atoms with E-state index >= 15 is 0 Å². The van der Waals surface area contributed by atoms with Crippen LogP contribution in [0, 0.1) is 11.7 Å². The van der Waals surface area contributed by atoms with Crippen LogP contribution in [0.5, 0.6) is 0 Å². The molecule has 1 rings (SSSR count). The molecule has 0 aromatic heterocycles. The van der Waals surface area contributed by atoms with Crippen LogP contribution in [0.3, 0.4) is 0 Å². The molecular formula is C15H18F4O2. The first-order chi connectivity index (χ1) is 9.77. The number of halogens is 4. The zero-order chi connectivity index (χ0) is 16.0. The van der Waals surface area contributed by atoms with E-state index in [-0.39, 0.29) is 12.2 Å². The lowest BCUT2D eigenvalue weighted by molar-refractivity contribution is -0.185. The molecule has 0 radical (unpaired) electrons. The van der Waals surface area contributed by atoms with Crippen molar-refractivity contribution in [3.8, 4) is 0 Å². The second-order valence-corrected chi connectivity index (χ2v) is 4.88. The second kappa shape index (κ2) is 7.43. The van der Waals surface area contributed by atoms with Gasteiger partial charge in [0.1, 0.15) is 5.82 Å². The highest BCUT2D eigenvalue weighted by atomic mass is 19.4. The second-order valence-electron chi connectivity index (χ2n) is 4.88. The summed E-state index contributed by atoms with van der Waals surface area (Å²) in [5, 5.41) is 0. The van der Waals surface area contributed by atoms with E-state index in [0.717, 1.165) is 25.5 Å². The summed E-state index contributed by atoms with van der Waals surface area (Å²) in [5.74, 6) is -4.89. The number of hydrogen-bond acceptors (Lipinski definition) is 2. The molecule has 21 heavy (non-hydrogen) atoms. The van der Waals surface area contributed by atoms with Crippen molar-refractivity contribution in [1.29, 1.82) is 0 Å². The SMILES string of the molecule is CCCCOC(=O)C(c1ccc(F)cc1)C(C)C(F)(F)F. The molecule has 0 spiro atoms. The van der Waals surface area contributed by atoms with Crippen molar-refractivity contribution in [2.45, 2.75) is 38.8 Å². The van der Waals surface area contributed by atoms with Crippen LogP contribution >= 0.6 is 0 Å². The molecule has 1 aromatic carbocycles. The standard InChI is InChI=1S/C15H18F4O2/c1-3-4-9-21-14(20)13(10(2)15(17,18)19)11-5-7-12(16)8-6-11/h5-8,10,13H,3-4,9H2,1-2H3. The fraction of sp³-hybridized carbons (Fsp3) is 0.533. The van der Waals surface area contributed by atoms with E-state index in [2.05, 4.69) is 0 Å². The van der Waals surface area contributed by atoms with Gasteiger partial charge in [0.15, 0.2) is 0 Å². The minimum absolute atomic E-state index is 0.0810. The van der Waals surface area contributed by atoms with Crippen LogP contribution in [0.2, 0.25) is 0 Å². The van der Waals surface area contributed by atoms with Gasteiger partial charge in [0.25, 0.3) is 0 Å². The van der Waals surface area contributed by atoms with Crippen LogP contribution in [0.15, 0.2) is 24.3 Å². The van der Waals surface area contributed by atoms with Crippen molar-refractivity contribution in [3.63, 3.8) is 0 Å². The molecule has 0 heterocycles. The number of carbonyl (C=O) groups is 1. The number of esters is 1. The molecule has 2 nitrogen and oxygen atoms in total. The van der Waals surface area contributed by atoms with E-state index in [4.69, 9.17) is 4.74 Å². The van der Waals surface area contributed by atoms with E-state index in [1.807, 2.05) is 6.92 Å². The van der Waals surface area contributed by atoms with Crippen molar-refractivity contribution >= 4 is 5.97 Å². The lowest BCUT2D eigenvalue weighted by Gasteiger charge is -2.25. The molecule has 0 saturated heterocycles. The van der Waals surface area contributed by atoms with E-state index in [0.29, 0.717) is 6.42 Å². The smallest absolute Gasteiger partial charge is 0.392 e. The molecule has 0 aliphatic rings. The van der Waals surface area contributed by atoms with Crippen molar-refractivity contribution in [2.75, 3.05) is 6.61 Å². The molecular weight excluding hydrogens is 288 g/mol. The van der Waals surface area contributed by atoms with Gasteiger partial charge in [-0.1, -0.05) is 32.4 Å². The van der Waals surface area contributed by atoms with Gasteiger partial charge in [-0.05, 0) is 24.1 Å². The third-order valence-electron chi connectivity index (χ3n) is 3.24.